The third-order valence-electron chi connectivity index (χ3n) is 4.75. The van der Waals surface area contributed by atoms with Gasteiger partial charge in [0.1, 0.15) is 28.4 Å². The summed E-state index contributed by atoms with van der Waals surface area (Å²) in [6, 6.07) is 10.2. The first-order valence-electron chi connectivity index (χ1n) is 8.88. The van der Waals surface area contributed by atoms with Crippen molar-refractivity contribution in [3.63, 3.8) is 0 Å². The summed E-state index contributed by atoms with van der Waals surface area (Å²) >= 11 is 0. The molecule has 3 atom stereocenters. The standard InChI is InChI=1S/C21H17F2N3O2S/c1-12-4-6-13(7-5-12)29(28)26-17-9-8-16(22)18(19(17)23)20(27)15-11-25-21-14(15)3-2-10-24-21/h2-11,18-19,26H,1H3,(H,24,25). The highest BCUT2D eigenvalue weighted by molar-refractivity contribution is 7.83. The molecular formula is C21H17F2N3O2S. The maximum Gasteiger partial charge on any atom is 0.178 e. The van der Waals surface area contributed by atoms with Crippen molar-refractivity contribution in [1.82, 2.24) is 14.7 Å². The average molecular weight is 413 g/mol. The maximum atomic E-state index is 15.2. The fraction of sp³-hybridized carbons (Fsp3) is 0.143. The molecule has 0 fully saturated rings. The number of aromatic nitrogens is 2. The molecule has 0 spiro atoms. The minimum atomic E-state index is -2.00. The number of aromatic amines is 1. The van der Waals surface area contributed by atoms with E-state index in [1.54, 1.807) is 42.6 Å². The summed E-state index contributed by atoms with van der Waals surface area (Å²) in [7, 11) is -1.75. The van der Waals surface area contributed by atoms with Gasteiger partial charge in [0, 0.05) is 23.3 Å². The van der Waals surface area contributed by atoms with Gasteiger partial charge in [-0.3, -0.25) is 4.79 Å². The molecule has 0 aliphatic heterocycles. The zero-order valence-electron chi connectivity index (χ0n) is 15.4. The summed E-state index contributed by atoms with van der Waals surface area (Å²) < 4.78 is 44.7. The Labute approximate surface area is 168 Å². The summed E-state index contributed by atoms with van der Waals surface area (Å²) in [6.07, 6.45) is 3.16. The van der Waals surface area contributed by atoms with Crippen LogP contribution in [0.15, 0.2) is 77.4 Å². The van der Waals surface area contributed by atoms with E-state index >= 15 is 4.39 Å². The lowest BCUT2D eigenvalue weighted by molar-refractivity contribution is 0.0871. The van der Waals surface area contributed by atoms with Crippen LogP contribution in [0.2, 0.25) is 0 Å². The van der Waals surface area contributed by atoms with Gasteiger partial charge in [0.2, 0.25) is 0 Å². The molecule has 5 nitrogen and oxygen atoms in total. The first-order chi connectivity index (χ1) is 14.0. The number of H-pyrrole nitrogens is 1. The van der Waals surface area contributed by atoms with Crippen LogP contribution in [0.3, 0.4) is 0 Å². The second kappa shape index (κ2) is 7.71. The number of carbonyl (C=O) groups is 1. The van der Waals surface area contributed by atoms with Gasteiger partial charge in [0.05, 0.1) is 10.6 Å². The quantitative estimate of drug-likeness (QED) is 0.619. The molecule has 1 aromatic carbocycles. The minimum Gasteiger partial charge on any atom is -0.345 e. The first-order valence-corrected chi connectivity index (χ1v) is 10.0. The number of halogens is 2. The van der Waals surface area contributed by atoms with Crippen LogP contribution in [0.4, 0.5) is 8.78 Å². The van der Waals surface area contributed by atoms with Crippen molar-refractivity contribution in [1.29, 1.82) is 0 Å². The van der Waals surface area contributed by atoms with Gasteiger partial charge in [0.15, 0.2) is 12.0 Å². The molecule has 0 radical (unpaired) electrons. The molecule has 2 heterocycles. The van der Waals surface area contributed by atoms with Crippen LogP contribution in [0.25, 0.3) is 11.0 Å². The monoisotopic (exact) mass is 413 g/mol. The Bertz CT molecular complexity index is 1170. The number of hydrogen-bond donors (Lipinski definition) is 2. The molecule has 2 aromatic heterocycles. The molecular weight excluding hydrogens is 396 g/mol. The normalized spacial score (nSPS) is 20.1. The molecule has 3 unspecified atom stereocenters. The zero-order valence-corrected chi connectivity index (χ0v) is 16.2. The van der Waals surface area contributed by atoms with Crippen LogP contribution in [0.5, 0.6) is 0 Å². The minimum absolute atomic E-state index is 0.110. The second-order valence-electron chi connectivity index (χ2n) is 6.70. The van der Waals surface area contributed by atoms with Gasteiger partial charge in [-0.15, -0.1) is 0 Å². The number of benzene rings is 1. The van der Waals surface area contributed by atoms with Crippen LogP contribution in [0.1, 0.15) is 15.9 Å². The van der Waals surface area contributed by atoms with E-state index < -0.39 is 34.7 Å². The third-order valence-corrected chi connectivity index (χ3v) is 5.88. The molecule has 0 saturated carbocycles. The molecule has 0 bridgehead atoms. The highest BCUT2D eigenvalue weighted by Crippen LogP contribution is 2.33. The number of rotatable bonds is 5. The van der Waals surface area contributed by atoms with E-state index in [1.165, 1.54) is 12.3 Å². The van der Waals surface area contributed by atoms with Crippen molar-refractivity contribution in [2.75, 3.05) is 0 Å². The van der Waals surface area contributed by atoms with Crippen molar-refractivity contribution in [2.45, 2.75) is 18.0 Å². The lowest BCUT2D eigenvalue weighted by Crippen LogP contribution is -2.35. The van der Waals surface area contributed by atoms with E-state index in [9.17, 15) is 13.4 Å². The number of nitrogens with one attached hydrogen (secondary N) is 2. The molecule has 4 rings (SSSR count). The molecule has 3 aromatic rings. The van der Waals surface area contributed by atoms with E-state index in [0.29, 0.717) is 15.9 Å². The van der Waals surface area contributed by atoms with Crippen molar-refractivity contribution in [2.24, 2.45) is 5.92 Å². The summed E-state index contributed by atoms with van der Waals surface area (Å²) in [6.45, 7) is 1.89. The van der Waals surface area contributed by atoms with Gasteiger partial charge >= 0.3 is 0 Å². The Balaban J connectivity index is 1.59. The van der Waals surface area contributed by atoms with E-state index in [1.807, 2.05) is 6.92 Å². The number of allylic oxidation sites excluding steroid dienone is 4. The Morgan fingerprint density at radius 2 is 1.97 bits per heavy atom. The van der Waals surface area contributed by atoms with Crippen LogP contribution in [-0.4, -0.2) is 26.1 Å². The smallest absolute Gasteiger partial charge is 0.178 e. The molecule has 1 aliphatic carbocycles. The van der Waals surface area contributed by atoms with Gasteiger partial charge in [-0.05, 0) is 43.3 Å². The highest BCUT2D eigenvalue weighted by atomic mass is 32.2. The Kier molecular flexibility index (Phi) is 5.10. The maximum absolute atomic E-state index is 15.2. The summed E-state index contributed by atoms with van der Waals surface area (Å²) in [4.78, 5) is 20.3. The largest absolute Gasteiger partial charge is 0.345 e. The lowest BCUT2D eigenvalue weighted by atomic mass is 9.88. The fourth-order valence-corrected chi connectivity index (χ4v) is 4.08. The van der Waals surface area contributed by atoms with E-state index in [2.05, 4.69) is 14.7 Å². The third kappa shape index (κ3) is 3.63. The van der Waals surface area contributed by atoms with Gasteiger partial charge in [-0.2, -0.15) is 0 Å². The van der Waals surface area contributed by atoms with Crippen LogP contribution in [0, 0.1) is 12.8 Å². The van der Waals surface area contributed by atoms with Crippen molar-refractivity contribution < 1.29 is 17.8 Å². The molecule has 8 heteroatoms. The summed E-state index contributed by atoms with van der Waals surface area (Å²) in [5, 5.41) is 0.491. The number of hydrogen-bond acceptors (Lipinski definition) is 3. The molecule has 148 valence electrons. The Morgan fingerprint density at radius 3 is 2.72 bits per heavy atom. The molecule has 29 heavy (non-hydrogen) atoms. The first kappa shape index (κ1) is 19.2. The van der Waals surface area contributed by atoms with Crippen molar-refractivity contribution in [3.8, 4) is 0 Å². The molecule has 0 saturated heterocycles. The second-order valence-corrected chi connectivity index (χ2v) is 7.92. The van der Waals surface area contributed by atoms with E-state index in [0.717, 1.165) is 11.6 Å². The van der Waals surface area contributed by atoms with E-state index in [-0.39, 0.29) is 11.3 Å². The lowest BCUT2D eigenvalue weighted by Gasteiger charge is -2.24. The van der Waals surface area contributed by atoms with Gasteiger partial charge < -0.3 is 9.71 Å². The zero-order chi connectivity index (χ0) is 20.5. The summed E-state index contributed by atoms with van der Waals surface area (Å²) in [5.41, 5.74) is 1.50. The molecule has 2 N–H and O–H groups in total. The summed E-state index contributed by atoms with van der Waals surface area (Å²) in [5.74, 6) is -3.25. The predicted octanol–water partition coefficient (Wildman–Crippen LogP) is 4.07. The number of fused-ring (bicyclic) bond motifs is 1. The topological polar surface area (TPSA) is 74.8 Å². The number of carbonyl (C=O) groups excluding carboxylic acids is 1. The van der Waals surface area contributed by atoms with Gasteiger partial charge in [-0.25, -0.2) is 18.0 Å². The number of Topliss-reactive ketones (excluding diaryl/α,β-unsaturated/α-hetero) is 1. The number of alkyl halides is 1. The molecule has 1 aliphatic rings. The van der Waals surface area contributed by atoms with Crippen LogP contribution < -0.4 is 4.72 Å². The predicted molar refractivity (Wildman–Crippen MR) is 107 cm³/mol. The number of ketones is 1. The van der Waals surface area contributed by atoms with Crippen LogP contribution >= 0.6 is 0 Å². The highest BCUT2D eigenvalue weighted by Gasteiger charge is 2.39. The number of nitrogens with zero attached hydrogens (tertiary/aromatic N) is 1. The average Bonchev–Trinajstić information content (AvgIpc) is 3.15. The van der Waals surface area contributed by atoms with Gasteiger partial charge in [-0.1, -0.05) is 17.7 Å². The number of pyridine rings is 1. The van der Waals surface area contributed by atoms with Gasteiger partial charge in [0.25, 0.3) is 0 Å². The van der Waals surface area contributed by atoms with Crippen LogP contribution in [-0.2, 0) is 11.0 Å². The molecule has 0 amide bonds. The Morgan fingerprint density at radius 1 is 1.21 bits per heavy atom. The van der Waals surface area contributed by atoms with E-state index in [4.69, 9.17) is 0 Å². The Hall–Kier alpha value is -3.13. The SMILES string of the molecule is Cc1ccc(S(=O)NC2=CC=C(F)C(C(=O)c3c[nH]c4ncccc34)C2F)cc1. The number of aryl methyl sites for hydroxylation is 1. The van der Waals surface area contributed by atoms with Crippen molar-refractivity contribution in [3.05, 3.63) is 83.6 Å². The fourth-order valence-electron chi connectivity index (χ4n) is 3.19. The van der Waals surface area contributed by atoms with Crippen molar-refractivity contribution >= 4 is 27.8 Å².